The van der Waals surface area contributed by atoms with E-state index in [-0.39, 0.29) is 23.0 Å². The maximum atomic E-state index is 2.59. The minimum Gasteiger partial charge on any atom is -0.311 e. The summed E-state index contributed by atoms with van der Waals surface area (Å²) < 4.78 is 2.68. The molecule has 0 unspecified atom stereocenters. The fourth-order valence-electron chi connectivity index (χ4n) is 11.2. The standard InChI is InChI=1S/C68H62BN3S/c1-66(2,3)47-31-36-50(37-32-47)70(57-27-18-16-25-53(57)45-21-12-10-13-22-45)52-40-41-56-61(44-52)72(58-28-19-17-26-54(58)46-23-14-11-15-24-46)60-30-20-29-59-63(60)69(56)65-64(55-43-49(68(7,8)9)35-42-62(55)73-65)71(59)51-38-33-48(34-39-51)67(4,5)6/h10-44H,1-9H3. The number of para-hydroxylation sites is 2. The second-order valence-corrected chi connectivity index (χ2v) is 24.1. The molecule has 12 rings (SSSR count). The van der Waals surface area contributed by atoms with E-state index in [2.05, 4.69) is 289 Å². The highest BCUT2D eigenvalue weighted by molar-refractivity contribution is 7.33. The van der Waals surface area contributed by atoms with E-state index in [0.29, 0.717) is 0 Å². The zero-order valence-corrected chi connectivity index (χ0v) is 44.4. The first-order valence-corrected chi connectivity index (χ1v) is 26.7. The Kier molecular flexibility index (Phi) is 11.2. The molecule has 0 amide bonds. The molecule has 0 saturated heterocycles. The molecule has 2 aliphatic rings. The lowest BCUT2D eigenvalue weighted by atomic mass is 9.36. The smallest absolute Gasteiger partial charge is 0.264 e. The second-order valence-electron chi connectivity index (χ2n) is 23.0. The molecule has 73 heavy (non-hydrogen) atoms. The summed E-state index contributed by atoms with van der Waals surface area (Å²) >= 11 is 1.96. The van der Waals surface area contributed by atoms with Crippen molar-refractivity contribution < 1.29 is 0 Å². The zero-order valence-electron chi connectivity index (χ0n) is 43.5. The van der Waals surface area contributed by atoms with E-state index in [9.17, 15) is 0 Å². The molecule has 0 spiro atoms. The van der Waals surface area contributed by atoms with Crippen molar-refractivity contribution >= 4 is 95.0 Å². The first kappa shape index (κ1) is 46.5. The predicted octanol–water partition coefficient (Wildman–Crippen LogP) is 17.7. The van der Waals surface area contributed by atoms with Crippen molar-refractivity contribution in [3.05, 3.63) is 229 Å². The molecule has 9 aromatic carbocycles. The molecule has 2 aliphatic heterocycles. The van der Waals surface area contributed by atoms with Crippen LogP contribution in [0, 0.1) is 0 Å². The normalized spacial score (nSPS) is 13.2. The number of nitrogens with zero attached hydrogens (tertiary/aromatic N) is 3. The van der Waals surface area contributed by atoms with Crippen molar-refractivity contribution in [2.75, 3.05) is 14.7 Å². The Bertz CT molecular complexity index is 3690. The predicted molar refractivity (Wildman–Crippen MR) is 318 cm³/mol. The number of fused-ring (bicyclic) bond motifs is 6. The van der Waals surface area contributed by atoms with Gasteiger partial charge in [-0.15, -0.1) is 11.3 Å². The Hall–Kier alpha value is -7.60. The molecule has 5 heteroatoms. The number of anilines is 9. The van der Waals surface area contributed by atoms with E-state index in [1.54, 1.807) is 0 Å². The number of thiophene rings is 1. The van der Waals surface area contributed by atoms with Gasteiger partial charge in [0.1, 0.15) is 0 Å². The van der Waals surface area contributed by atoms with Gasteiger partial charge in [-0.05, 0) is 128 Å². The molecular weight excluding hydrogens is 902 g/mol. The highest BCUT2D eigenvalue weighted by atomic mass is 32.1. The van der Waals surface area contributed by atoms with Gasteiger partial charge in [-0.1, -0.05) is 202 Å². The number of rotatable bonds is 7. The largest absolute Gasteiger partial charge is 0.311 e. The summed E-state index contributed by atoms with van der Waals surface area (Å²) in [6.07, 6.45) is 0. The van der Waals surface area contributed by atoms with E-state index >= 15 is 0 Å². The number of hydrogen-bond donors (Lipinski definition) is 0. The lowest BCUT2D eigenvalue weighted by Gasteiger charge is -2.44. The van der Waals surface area contributed by atoms with Crippen LogP contribution in [0.1, 0.15) is 79.0 Å². The SMILES string of the molecule is CC(C)(C)c1ccc(N(c2ccc3c(c2)N(c2ccccc2-c2ccccc2)c2cccc4c2B3c2sc3ccc(C(C)(C)C)cc3c2N4c2ccc(C(C)(C)C)cc2)c2ccccc2-c2ccccc2)cc1. The van der Waals surface area contributed by atoms with E-state index in [1.807, 2.05) is 11.3 Å². The Balaban J connectivity index is 1.16. The molecule has 358 valence electrons. The minimum atomic E-state index is -0.0258. The van der Waals surface area contributed by atoms with Crippen LogP contribution in [-0.4, -0.2) is 6.71 Å². The van der Waals surface area contributed by atoms with Crippen molar-refractivity contribution in [2.45, 2.75) is 78.6 Å². The van der Waals surface area contributed by atoms with Crippen LogP contribution in [0.25, 0.3) is 32.3 Å². The van der Waals surface area contributed by atoms with Gasteiger partial charge in [0.15, 0.2) is 0 Å². The third-order valence-electron chi connectivity index (χ3n) is 15.1. The van der Waals surface area contributed by atoms with Crippen LogP contribution < -0.4 is 30.4 Å². The van der Waals surface area contributed by atoms with Crippen LogP contribution in [0.4, 0.5) is 51.2 Å². The second kappa shape index (κ2) is 17.6. The Morgan fingerprint density at radius 1 is 0.411 bits per heavy atom. The topological polar surface area (TPSA) is 9.72 Å². The summed E-state index contributed by atoms with van der Waals surface area (Å²) in [5.41, 5.74) is 21.8. The van der Waals surface area contributed by atoms with Gasteiger partial charge in [-0.3, -0.25) is 0 Å². The summed E-state index contributed by atoms with van der Waals surface area (Å²) in [5, 5.41) is 1.31. The molecule has 0 saturated carbocycles. The molecule has 0 N–H and O–H groups in total. The molecule has 0 bridgehead atoms. The van der Waals surface area contributed by atoms with Crippen molar-refractivity contribution in [3.8, 4) is 22.3 Å². The van der Waals surface area contributed by atoms with Gasteiger partial charge in [0.2, 0.25) is 0 Å². The molecule has 0 radical (unpaired) electrons. The first-order chi connectivity index (χ1) is 35.1. The van der Waals surface area contributed by atoms with Gasteiger partial charge in [-0.25, -0.2) is 0 Å². The maximum Gasteiger partial charge on any atom is 0.264 e. The van der Waals surface area contributed by atoms with Crippen LogP contribution in [0.5, 0.6) is 0 Å². The molecule has 3 nitrogen and oxygen atoms in total. The van der Waals surface area contributed by atoms with Crippen LogP contribution in [-0.2, 0) is 16.2 Å². The molecular formula is C68H62BN3S. The van der Waals surface area contributed by atoms with Gasteiger partial charge in [0.25, 0.3) is 6.71 Å². The Morgan fingerprint density at radius 3 is 1.58 bits per heavy atom. The van der Waals surface area contributed by atoms with E-state index in [0.717, 1.165) is 22.7 Å². The molecule has 0 atom stereocenters. The first-order valence-electron chi connectivity index (χ1n) is 25.9. The third kappa shape index (κ3) is 8.06. The third-order valence-corrected chi connectivity index (χ3v) is 16.4. The van der Waals surface area contributed by atoms with Crippen molar-refractivity contribution in [2.24, 2.45) is 0 Å². The van der Waals surface area contributed by atoms with Crippen molar-refractivity contribution in [3.63, 3.8) is 0 Å². The highest BCUT2D eigenvalue weighted by Gasteiger charge is 2.46. The fourth-order valence-corrected chi connectivity index (χ4v) is 12.5. The molecule has 10 aromatic rings. The Labute approximate surface area is 437 Å². The lowest BCUT2D eigenvalue weighted by molar-refractivity contribution is 0.590. The monoisotopic (exact) mass is 963 g/mol. The van der Waals surface area contributed by atoms with Crippen LogP contribution in [0.3, 0.4) is 0 Å². The van der Waals surface area contributed by atoms with Crippen molar-refractivity contribution in [1.82, 2.24) is 0 Å². The van der Waals surface area contributed by atoms with Gasteiger partial charge >= 0.3 is 0 Å². The van der Waals surface area contributed by atoms with Crippen LogP contribution >= 0.6 is 11.3 Å². The molecule has 3 heterocycles. The van der Waals surface area contributed by atoms with Gasteiger partial charge in [0.05, 0.1) is 17.1 Å². The van der Waals surface area contributed by atoms with Gasteiger partial charge in [-0.2, -0.15) is 0 Å². The van der Waals surface area contributed by atoms with Gasteiger partial charge in [0, 0.05) is 60.1 Å². The Morgan fingerprint density at radius 2 is 0.932 bits per heavy atom. The maximum absolute atomic E-state index is 2.59. The number of benzene rings is 9. The van der Waals surface area contributed by atoms with E-state index in [1.165, 1.54) is 93.2 Å². The summed E-state index contributed by atoms with van der Waals surface area (Å²) in [5.74, 6) is 0. The van der Waals surface area contributed by atoms with Crippen LogP contribution in [0.15, 0.2) is 212 Å². The minimum absolute atomic E-state index is 0.0134. The average molecular weight is 964 g/mol. The molecule has 0 fully saturated rings. The summed E-state index contributed by atoms with van der Waals surface area (Å²) in [7, 11) is 0. The number of hydrogen-bond acceptors (Lipinski definition) is 4. The molecule has 0 aliphatic carbocycles. The fraction of sp³-hybridized carbons (Fsp3) is 0.176. The van der Waals surface area contributed by atoms with Crippen LogP contribution in [0.2, 0.25) is 0 Å². The summed E-state index contributed by atoms with van der Waals surface area (Å²) in [4.78, 5) is 7.65. The zero-order chi connectivity index (χ0) is 50.4. The van der Waals surface area contributed by atoms with Crippen molar-refractivity contribution in [1.29, 1.82) is 0 Å². The van der Waals surface area contributed by atoms with E-state index in [4.69, 9.17) is 0 Å². The molecule has 1 aromatic heterocycles. The van der Waals surface area contributed by atoms with E-state index < -0.39 is 0 Å². The summed E-state index contributed by atoms with van der Waals surface area (Å²) in [6.45, 7) is 20.7. The quantitative estimate of drug-likeness (QED) is 0.147. The summed E-state index contributed by atoms with van der Waals surface area (Å²) in [6, 6.07) is 79.8. The highest BCUT2D eigenvalue weighted by Crippen LogP contribution is 2.51. The average Bonchev–Trinajstić information content (AvgIpc) is 3.78. The lowest BCUT2D eigenvalue weighted by Crippen LogP contribution is -2.60. The van der Waals surface area contributed by atoms with Gasteiger partial charge < -0.3 is 14.7 Å².